The Bertz CT molecular complexity index is 104. The Morgan fingerprint density at radius 1 is 1.18 bits per heavy atom. The molecule has 0 rings (SSSR count). The average molecular weight is 160 g/mol. The molecule has 0 radical (unpaired) electrons. The highest BCUT2D eigenvalue weighted by molar-refractivity contribution is 4.72. The fraction of sp³-hybridized carbons (Fsp3) is 0.750. The molecule has 0 bridgehead atoms. The van der Waals surface area contributed by atoms with Crippen LogP contribution in [-0.2, 0) is 0 Å². The first-order chi connectivity index (χ1) is 5.20. The van der Waals surface area contributed by atoms with E-state index in [0.717, 1.165) is 0 Å². The highest BCUT2D eigenvalue weighted by atomic mass is 16.3. The molecule has 3 nitrogen and oxygen atoms in total. The molecule has 0 aliphatic heterocycles. The van der Waals surface area contributed by atoms with Gasteiger partial charge in [0, 0.05) is 0 Å². The molecule has 0 aliphatic carbocycles. The van der Waals surface area contributed by atoms with Crippen molar-refractivity contribution in [3.05, 3.63) is 12.7 Å². The largest absolute Gasteiger partial charge is 0.394 e. The third kappa shape index (κ3) is 6.04. The quantitative estimate of drug-likeness (QED) is 0.481. The van der Waals surface area contributed by atoms with Crippen LogP contribution in [0.3, 0.4) is 0 Å². The lowest BCUT2D eigenvalue weighted by Gasteiger charge is -2.10. The van der Waals surface area contributed by atoms with E-state index < -0.39 is 12.2 Å². The van der Waals surface area contributed by atoms with E-state index in [0.29, 0.717) is 19.3 Å². The minimum atomic E-state index is -0.700. The van der Waals surface area contributed by atoms with Crippen molar-refractivity contribution in [3.63, 3.8) is 0 Å². The van der Waals surface area contributed by atoms with Gasteiger partial charge in [-0.25, -0.2) is 0 Å². The number of aliphatic hydroxyl groups is 3. The standard InChI is InChI=1S/C8H16O3/c1-2-3-7(10)4-5-8(11)6-9/h2,7-11H,1,3-6H2/t7-,8+/m1/s1. The summed E-state index contributed by atoms with van der Waals surface area (Å²) in [4.78, 5) is 0. The van der Waals surface area contributed by atoms with E-state index in [1.54, 1.807) is 6.08 Å². The summed E-state index contributed by atoms with van der Waals surface area (Å²) in [5.74, 6) is 0. The smallest absolute Gasteiger partial charge is 0.0771 e. The Balaban J connectivity index is 3.29. The summed E-state index contributed by atoms with van der Waals surface area (Å²) in [5, 5.41) is 26.4. The Morgan fingerprint density at radius 2 is 1.73 bits per heavy atom. The second-order valence-electron chi connectivity index (χ2n) is 2.59. The van der Waals surface area contributed by atoms with Gasteiger partial charge in [-0.3, -0.25) is 0 Å². The second kappa shape index (κ2) is 6.34. The molecule has 0 aromatic heterocycles. The van der Waals surface area contributed by atoms with E-state index in [-0.39, 0.29) is 6.61 Å². The zero-order valence-corrected chi connectivity index (χ0v) is 6.61. The zero-order valence-electron chi connectivity index (χ0n) is 6.61. The minimum absolute atomic E-state index is 0.235. The van der Waals surface area contributed by atoms with Crippen LogP contribution in [0.25, 0.3) is 0 Å². The van der Waals surface area contributed by atoms with Crippen LogP contribution in [0, 0.1) is 0 Å². The van der Waals surface area contributed by atoms with Gasteiger partial charge in [0.15, 0.2) is 0 Å². The lowest BCUT2D eigenvalue weighted by molar-refractivity contribution is 0.0690. The van der Waals surface area contributed by atoms with E-state index in [1.807, 2.05) is 0 Å². The molecule has 0 aromatic carbocycles. The monoisotopic (exact) mass is 160 g/mol. The van der Waals surface area contributed by atoms with Gasteiger partial charge in [0.25, 0.3) is 0 Å². The van der Waals surface area contributed by atoms with Crippen molar-refractivity contribution in [3.8, 4) is 0 Å². The maximum Gasteiger partial charge on any atom is 0.0771 e. The van der Waals surface area contributed by atoms with Crippen LogP contribution in [0.4, 0.5) is 0 Å². The normalized spacial score (nSPS) is 15.9. The van der Waals surface area contributed by atoms with Gasteiger partial charge >= 0.3 is 0 Å². The van der Waals surface area contributed by atoms with Gasteiger partial charge in [-0.05, 0) is 19.3 Å². The number of hydrogen-bond acceptors (Lipinski definition) is 3. The molecular weight excluding hydrogens is 144 g/mol. The predicted octanol–water partition coefficient (Wildman–Crippen LogP) is 0.0568. The Morgan fingerprint density at radius 3 is 2.18 bits per heavy atom. The van der Waals surface area contributed by atoms with Crippen LogP contribution in [0.5, 0.6) is 0 Å². The summed E-state index contributed by atoms with van der Waals surface area (Å²) >= 11 is 0. The molecule has 11 heavy (non-hydrogen) atoms. The van der Waals surface area contributed by atoms with Crippen molar-refractivity contribution in [2.24, 2.45) is 0 Å². The van der Waals surface area contributed by atoms with Crippen molar-refractivity contribution < 1.29 is 15.3 Å². The third-order valence-corrected chi connectivity index (χ3v) is 1.48. The van der Waals surface area contributed by atoms with E-state index in [2.05, 4.69) is 6.58 Å². The summed E-state index contributed by atoms with van der Waals surface area (Å²) in [7, 11) is 0. The molecule has 0 spiro atoms. The molecule has 66 valence electrons. The lowest BCUT2D eigenvalue weighted by Crippen LogP contribution is -2.15. The van der Waals surface area contributed by atoms with E-state index in [1.165, 1.54) is 0 Å². The van der Waals surface area contributed by atoms with Gasteiger partial charge in [-0.2, -0.15) is 0 Å². The summed E-state index contributed by atoms with van der Waals surface area (Å²) < 4.78 is 0. The molecule has 0 aromatic rings. The second-order valence-corrected chi connectivity index (χ2v) is 2.59. The van der Waals surface area contributed by atoms with Crippen molar-refractivity contribution in [1.29, 1.82) is 0 Å². The Hall–Kier alpha value is -0.380. The molecule has 0 saturated carbocycles. The Labute approximate surface area is 67.0 Å². The van der Waals surface area contributed by atoms with E-state index in [4.69, 9.17) is 15.3 Å². The van der Waals surface area contributed by atoms with E-state index in [9.17, 15) is 0 Å². The molecule has 0 saturated heterocycles. The maximum atomic E-state index is 9.13. The lowest BCUT2D eigenvalue weighted by atomic mass is 10.1. The number of aliphatic hydroxyl groups excluding tert-OH is 3. The molecular formula is C8H16O3. The minimum Gasteiger partial charge on any atom is -0.394 e. The first kappa shape index (κ1) is 10.6. The van der Waals surface area contributed by atoms with Gasteiger partial charge in [0.1, 0.15) is 0 Å². The SMILES string of the molecule is C=CC[C@@H](O)CC[C@H](O)CO. The highest BCUT2D eigenvalue weighted by Crippen LogP contribution is 2.04. The number of rotatable bonds is 6. The number of hydrogen-bond donors (Lipinski definition) is 3. The molecule has 0 unspecified atom stereocenters. The van der Waals surface area contributed by atoms with Crippen molar-refractivity contribution in [1.82, 2.24) is 0 Å². The fourth-order valence-corrected chi connectivity index (χ4v) is 0.786. The Kier molecular flexibility index (Phi) is 6.12. The van der Waals surface area contributed by atoms with Gasteiger partial charge in [0.05, 0.1) is 18.8 Å². The first-order valence-electron chi connectivity index (χ1n) is 3.78. The van der Waals surface area contributed by atoms with Crippen LogP contribution in [0.1, 0.15) is 19.3 Å². The van der Waals surface area contributed by atoms with Crippen LogP contribution in [0.15, 0.2) is 12.7 Å². The molecule has 0 aliphatic rings. The van der Waals surface area contributed by atoms with Gasteiger partial charge in [0.2, 0.25) is 0 Å². The van der Waals surface area contributed by atoms with Gasteiger partial charge in [-0.15, -0.1) is 6.58 Å². The van der Waals surface area contributed by atoms with Crippen LogP contribution >= 0.6 is 0 Å². The van der Waals surface area contributed by atoms with E-state index >= 15 is 0 Å². The van der Waals surface area contributed by atoms with Crippen molar-refractivity contribution >= 4 is 0 Å². The summed E-state index contributed by atoms with van der Waals surface area (Å²) in [6.07, 6.45) is 1.98. The third-order valence-electron chi connectivity index (χ3n) is 1.48. The summed E-state index contributed by atoms with van der Waals surface area (Å²) in [6, 6.07) is 0. The molecule has 3 N–H and O–H groups in total. The zero-order chi connectivity index (χ0) is 8.69. The van der Waals surface area contributed by atoms with Crippen LogP contribution in [-0.4, -0.2) is 34.1 Å². The predicted molar refractivity (Wildman–Crippen MR) is 43.1 cm³/mol. The summed E-state index contributed by atoms with van der Waals surface area (Å²) in [6.45, 7) is 3.24. The van der Waals surface area contributed by atoms with Crippen LogP contribution in [0.2, 0.25) is 0 Å². The molecule has 0 fully saturated rings. The molecule has 0 amide bonds. The van der Waals surface area contributed by atoms with Crippen LogP contribution < -0.4 is 0 Å². The van der Waals surface area contributed by atoms with Crippen molar-refractivity contribution in [2.75, 3.05) is 6.61 Å². The molecule has 3 heteroatoms. The van der Waals surface area contributed by atoms with Gasteiger partial charge in [-0.1, -0.05) is 6.08 Å². The molecule has 2 atom stereocenters. The highest BCUT2D eigenvalue weighted by Gasteiger charge is 2.06. The fourth-order valence-electron chi connectivity index (χ4n) is 0.786. The first-order valence-corrected chi connectivity index (χ1v) is 3.78. The summed E-state index contributed by atoms with van der Waals surface area (Å²) in [5.41, 5.74) is 0. The topological polar surface area (TPSA) is 60.7 Å². The van der Waals surface area contributed by atoms with Gasteiger partial charge < -0.3 is 15.3 Å². The maximum absolute atomic E-state index is 9.13. The molecule has 0 heterocycles. The average Bonchev–Trinajstić information content (AvgIpc) is 2.01. The van der Waals surface area contributed by atoms with Crippen molar-refractivity contribution in [2.45, 2.75) is 31.5 Å².